The third-order valence-electron chi connectivity index (χ3n) is 4.26. The lowest BCUT2D eigenvalue weighted by Crippen LogP contribution is -2.08. The Hall–Kier alpha value is -2.07. The highest BCUT2D eigenvalue weighted by Crippen LogP contribution is 2.38. The molecule has 2 aromatic carbocycles. The van der Waals surface area contributed by atoms with Crippen LogP contribution in [0.15, 0.2) is 36.4 Å². The number of methoxy groups -OCH3 is 1. The fraction of sp³-hybridized carbons (Fsp3) is 0.368. The molecule has 2 aromatic rings. The summed E-state index contributed by atoms with van der Waals surface area (Å²) in [6.07, 6.45) is 1.61. The van der Waals surface area contributed by atoms with Gasteiger partial charge in [-0.25, -0.2) is 4.39 Å². The highest BCUT2D eigenvalue weighted by Gasteiger charge is 2.26. The van der Waals surface area contributed by atoms with Crippen LogP contribution in [0.1, 0.15) is 36.1 Å². The number of hydrogen-bond acceptors (Lipinski definition) is 3. The van der Waals surface area contributed by atoms with Crippen molar-refractivity contribution in [2.24, 2.45) is 0 Å². The minimum Gasteiger partial charge on any atom is -0.494 e. The van der Waals surface area contributed by atoms with E-state index in [2.05, 4.69) is 11.4 Å². The van der Waals surface area contributed by atoms with Gasteiger partial charge >= 0.3 is 0 Å². The molecule has 0 spiro atoms. The third-order valence-corrected chi connectivity index (χ3v) is 4.26. The Bertz CT molecular complexity index is 687. The molecule has 0 radical (unpaired) electrons. The van der Waals surface area contributed by atoms with Crippen LogP contribution in [-0.4, -0.2) is 13.7 Å². The maximum atomic E-state index is 14.3. The van der Waals surface area contributed by atoms with E-state index in [9.17, 15) is 4.39 Å². The van der Waals surface area contributed by atoms with Gasteiger partial charge in [0.2, 0.25) is 0 Å². The van der Waals surface area contributed by atoms with E-state index in [-0.39, 0.29) is 11.9 Å². The van der Waals surface area contributed by atoms with Crippen molar-refractivity contribution in [3.05, 3.63) is 58.9 Å². The van der Waals surface area contributed by atoms with Gasteiger partial charge in [-0.3, -0.25) is 0 Å². The van der Waals surface area contributed by atoms with Crippen LogP contribution in [0, 0.1) is 5.82 Å². The van der Waals surface area contributed by atoms with E-state index >= 15 is 0 Å². The van der Waals surface area contributed by atoms with Gasteiger partial charge in [0.25, 0.3) is 0 Å². The number of halogens is 1. The van der Waals surface area contributed by atoms with Crippen molar-refractivity contribution in [2.75, 3.05) is 19.0 Å². The zero-order chi connectivity index (χ0) is 16.2. The summed E-state index contributed by atoms with van der Waals surface area (Å²) in [6, 6.07) is 12.0. The summed E-state index contributed by atoms with van der Waals surface area (Å²) in [5.74, 6) is 0.0995. The maximum absolute atomic E-state index is 14.3. The first kappa shape index (κ1) is 15.8. The van der Waals surface area contributed by atoms with Crippen molar-refractivity contribution in [1.29, 1.82) is 0 Å². The molecule has 4 heteroatoms. The van der Waals surface area contributed by atoms with Crippen molar-refractivity contribution in [3.8, 4) is 5.75 Å². The van der Waals surface area contributed by atoms with Crippen LogP contribution in [0.5, 0.6) is 5.75 Å². The summed E-state index contributed by atoms with van der Waals surface area (Å²) in [7, 11) is 1.50. The molecule has 0 bridgehead atoms. The number of nitrogens with one attached hydrogen (secondary N) is 1. The predicted octanol–water partition coefficient (Wildman–Crippen LogP) is 4.47. The van der Waals surface area contributed by atoms with Gasteiger partial charge < -0.3 is 14.8 Å². The average molecular weight is 315 g/mol. The Morgan fingerprint density at radius 3 is 2.91 bits per heavy atom. The van der Waals surface area contributed by atoms with Gasteiger partial charge in [0.05, 0.1) is 19.8 Å². The minimum atomic E-state index is -0.223. The van der Waals surface area contributed by atoms with Crippen LogP contribution >= 0.6 is 0 Å². The van der Waals surface area contributed by atoms with Crippen molar-refractivity contribution in [1.82, 2.24) is 0 Å². The topological polar surface area (TPSA) is 30.5 Å². The summed E-state index contributed by atoms with van der Waals surface area (Å²) >= 11 is 0. The molecule has 1 aliphatic carbocycles. The largest absolute Gasteiger partial charge is 0.494 e. The number of benzene rings is 2. The number of anilines is 1. The van der Waals surface area contributed by atoms with Crippen LogP contribution < -0.4 is 10.1 Å². The second-order valence-corrected chi connectivity index (χ2v) is 5.72. The predicted molar refractivity (Wildman–Crippen MR) is 89.4 cm³/mol. The zero-order valence-electron chi connectivity index (χ0n) is 13.6. The molecule has 3 rings (SSSR count). The molecule has 1 N–H and O–H groups in total. The molecule has 0 saturated carbocycles. The highest BCUT2D eigenvalue weighted by atomic mass is 19.1. The SMILES string of the molecule is CCOCc1cccc(NC2CCc3c2ccc(OC)c3F)c1. The van der Waals surface area contributed by atoms with E-state index in [0.717, 1.165) is 35.2 Å². The highest BCUT2D eigenvalue weighted by molar-refractivity contribution is 5.51. The molecule has 1 atom stereocenters. The molecule has 1 unspecified atom stereocenters. The lowest BCUT2D eigenvalue weighted by atomic mass is 10.1. The molecule has 0 aliphatic heterocycles. The van der Waals surface area contributed by atoms with E-state index in [0.29, 0.717) is 19.0 Å². The van der Waals surface area contributed by atoms with E-state index in [4.69, 9.17) is 9.47 Å². The summed E-state index contributed by atoms with van der Waals surface area (Å²) < 4.78 is 24.8. The first-order valence-corrected chi connectivity index (χ1v) is 8.01. The Kier molecular flexibility index (Phi) is 4.82. The first-order chi connectivity index (χ1) is 11.2. The molecule has 0 heterocycles. The van der Waals surface area contributed by atoms with Crippen molar-refractivity contribution in [2.45, 2.75) is 32.4 Å². The number of hydrogen-bond donors (Lipinski definition) is 1. The Labute approximate surface area is 136 Å². The van der Waals surface area contributed by atoms with Gasteiger partial charge in [0, 0.05) is 12.3 Å². The quantitative estimate of drug-likeness (QED) is 0.853. The summed E-state index contributed by atoms with van der Waals surface area (Å²) in [5, 5.41) is 3.52. The van der Waals surface area contributed by atoms with Crippen LogP contribution in [-0.2, 0) is 17.8 Å². The maximum Gasteiger partial charge on any atom is 0.168 e. The van der Waals surface area contributed by atoms with Gasteiger partial charge in [-0.05, 0) is 54.7 Å². The molecule has 0 saturated heterocycles. The average Bonchev–Trinajstić information content (AvgIpc) is 2.97. The van der Waals surface area contributed by atoms with Crippen LogP contribution in [0.4, 0.5) is 10.1 Å². The smallest absolute Gasteiger partial charge is 0.168 e. The normalized spacial score (nSPS) is 16.2. The molecule has 3 nitrogen and oxygen atoms in total. The van der Waals surface area contributed by atoms with Gasteiger partial charge in [0.15, 0.2) is 11.6 Å². The van der Waals surface area contributed by atoms with Crippen molar-refractivity contribution in [3.63, 3.8) is 0 Å². The van der Waals surface area contributed by atoms with Crippen molar-refractivity contribution >= 4 is 5.69 Å². The molecule has 0 amide bonds. The van der Waals surface area contributed by atoms with Gasteiger partial charge in [-0.1, -0.05) is 18.2 Å². The monoisotopic (exact) mass is 315 g/mol. The molecular formula is C19H22FNO2. The van der Waals surface area contributed by atoms with Crippen molar-refractivity contribution < 1.29 is 13.9 Å². The second-order valence-electron chi connectivity index (χ2n) is 5.72. The summed E-state index contributed by atoms with van der Waals surface area (Å²) in [6.45, 7) is 3.30. The number of rotatable bonds is 6. The van der Waals surface area contributed by atoms with Crippen LogP contribution in [0.2, 0.25) is 0 Å². The standard InChI is InChI=1S/C19H22FNO2/c1-3-23-12-13-5-4-6-14(11-13)21-17-9-7-16-15(17)8-10-18(22-2)19(16)20/h4-6,8,10-11,17,21H,3,7,9,12H2,1-2H3. The number of ether oxygens (including phenoxy) is 2. The molecular weight excluding hydrogens is 293 g/mol. The van der Waals surface area contributed by atoms with Crippen LogP contribution in [0.25, 0.3) is 0 Å². The van der Waals surface area contributed by atoms with E-state index in [1.807, 2.05) is 31.2 Å². The summed E-state index contributed by atoms with van der Waals surface area (Å²) in [5.41, 5.74) is 3.97. The molecule has 122 valence electrons. The van der Waals surface area contributed by atoms with Gasteiger partial charge in [-0.2, -0.15) is 0 Å². The molecule has 1 aliphatic rings. The molecule has 0 fully saturated rings. The zero-order valence-corrected chi connectivity index (χ0v) is 13.6. The van der Waals surface area contributed by atoms with E-state index in [1.54, 1.807) is 6.07 Å². The summed E-state index contributed by atoms with van der Waals surface area (Å²) in [4.78, 5) is 0. The molecule has 0 aromatic heterocycles. The van der Waals surface area contributed by atoms with E-state index < -0.39 is 0 Å². The molecule has 23 heavy (non-hydrogen) atoms. The second kappa shape index (κ2) is 7.01. The third kappa shape index (κ3) is 3.32. The lowest BCUT2D eigenvalue weighted by Gasteiger charge is -2.17. The minimum absolute atomic E-state index is 0.132. The fourth-order valence-electron chi connectivity index (χ4n) is 3.12. The Balaban J connectivity index is 1.77. The van der Waals surface area contributed by atoms with Gasteiger partial charge in [0.1, 0.15) is 0 Å². The number of fused-ring (bicyclic) bond motifs is 1. The van der Waals surface area contributed by atoms with Crippen LogP contribution in [0.3, 0.4) is 0 Å². The van der Waals surface area contributed by atoms with Gasteiger partial charge in [-0.15, -0.1) is 0 Å². The Morgan fingerprint density at radius 2 is 2.13 bits per heavy atom. The Morgan fingerprint density at radius 1 is 1.26 bits per heavy atom. The van der Waals surface area contributed by atoms with E-state index in [1.165, 1.54) is 7.11 Å². The fourth-order valence-corrected chi connectivity index (χ4v) is 3.12. The lowest BCUT2D eigenvalue weighted by molar-refractivity contribution is 0.134. The first-order valence-electron chi connectivity index (χ1n) is 8.01.